The first-order valence-electron chi connectivity index (χ1n) is 6.01. The fourth-order valence-corrected chi connectivity index (χ4v) is 2.55. The summed E-state index contributed by atoms with van der Waals surface area (Å²) < 4.78 is 6.32. The largest absolute Gasteiger partial charge is 0.494 e. The summed E-state index contributed by atoms with van der Waals surface area (Å²) >= 11 is 1.58. The Labute approximate surface area is 115 Å². The number of thiazole rings is 1. The second-order valence-corrected chi connectivity index (χ2v) is 5.61. The van der Waals surface area contributed by atoms with Crippen molar-refractivity contribution in [1.82, 2.24) is 4.98 Å². The summed E-state index contributed by atoms with van der Waals surface area (Å²) in [6.07, 6.45) is 0. The molecule has 5 nitrogen and oxygen atoms in total. The zero-order valence-corrected chi connectivity index (χ0v) is 12.0. The van der Waals surface area contributed by atoms with Crippen LogP contribution in [0.2, 0.25) is 0 Å². The smallest absolute Gasteiger partial charge is 0.228 e. The van der Waals surface area contributed by atoms with Gasteiger partial charge in [-0.1, -0.05) is 6.92 Å². The van der Waals surface area contributed by atoms with E-state index >= 15 is 0 Å². The van der Waals surface area contributed by atoms with Gasteiger partial charge in [-0.15, -0.1) is 11.3 Å². The Morgan fingerprint density at radius 2 is 2.32 bits per heavy atom. The van der Waals surface area contributed by atoms with Crippen molar-refractivity contribution in [3.05, 3.63) is 17.1 Å². The lowest BCUT2D eigenvalue weighted by Gasteiger charge is -2.13. The average molecular weight is 279 g/mol. The molecule has 6 heteroatoms. The number of fused-ring (bicyclic) bond motifs is 1. The fourth-order valence-electron chi connectivity index (χ4n) is 1.70. The Bertz CT molecular complexity index is 609. The number of nitrogens with one attached hydrogen (secondary N) is 1. The van der Waals surface area contributed by atoms with Gasteiger partial charge in [0.2, 0.25) is 5.91 Å². The number of anilines is 1. The van der Waals surface area contributed by atoms with E-state index in [1.807, 2.05) is 19.1 Å². The minimum Gasteiger partial charge on any atom is -0.494 e. The van der Waals surface area contributed by atoms with Crippen molar-refractivity contribution in [3.63, 3.8) is 0 Å². The molecule has 0 aliphatic rings. The van der Waals surface area contributed by atoms with Gasteiger partial charge in [-0.2, -0.15) is 0 Å². The van der Waals surface area contributed by atoms with Crippen molar-refractivity contribution < 1.29 is 9.53 Å². The number of aryl methyl sites for hydroxylation is 1. The molecule has 1 atom stereocenters. The third-order valence-corrected chi connectivity index (χ3v) is 3.81. The van der Waals surface area contributed by atoms with E-state index in [4.69, 9.17) is 10.5 Å². The van der Waals surface area contributed by atoms with Crippen molar-refractivity contribution in [1.29, 1.82) is 0 Å². The Morgan fingerprint density at radius 1 is 1.58 bits per heavy atom. The monoisotopic (exact) mass is 279 g/mol. The van der Waals surface area contributed by atoms with Gasteiger partial charge in [0.15, 0.2) is 0 Å². The normalized spacial score (nSPS) is 12.4. The fraction of sp³-hybridized carbons (Fsp3) is 0.385. The van der Waals surface area contributed by atoms with Crippen molar-refractivity contribution in [2.75, 3.05) is 19.0 Å². The van der Waals surface area contributed by atoms with Gasteiger partial charge in [0.1, 0.15) is 5.75 Å². The molecule has 1 aromatic heterocycles. The molecular weight excluding hydrogens is 262 g/mol. The molecule has 0 spiro atoms. The second-order valence-electron chi connectivity index (χ2n) is 4.38. The van der Waals surface area contributed by atoms with E-state index < -0.39 is 0 Å². The van der Waals surface area contributed by atoms with Crippen LogP contribution in [0.1, 0.15) is 11.9 Å². The summed E-state index contributed by atoms with van der Waals surface area (Å²) in [4.78, 5) is 16.3. The minimum absolute atomic E-state index is 0.110. The van der Waals surface area contributed by atoms with Crippen molar-refractivity contribution >= 4 is 33.1 Å². The average Bonchev–Trinajstić information content (AvgIpc) is 2.75. The van der Waals surface area contributed by atoms with Crippen LogP contribution in [0.3, 0.4) is 0 Å². The number of carbonyl (C=O) groups is 1. The molecule has 3 N–H and O–H groups in total. The van der Waals surface area contributed by atoms with E-state index in [1.165, 1.54) is 0 Å². The highest BCUT2D eigenvalue weighted by Crippen LogP contribution is 2.33. The molecule has 0 radical (unpaired) electrons. The number of nitrogens with two attached hydrogens (primary N) is 1. The number of rotatable bonds is 4. The van der Waals surface area contributed by atoms with Crippen molar-refractivity contribution in [3.8, 4) is 5.75 Å². The topological polar surface area (TPSA) is 77.2 Å². The van der Waals surface area contributed by atoms with E-state index in [2.05, 4.69) is 10.3 Å². The quantitative estimate of drug-likeness (QED) is 0.899. The zero-order chi connectivity index (χ0) is 14.0. The van der Waals surface area contributed by atoms with Gasteiger partial charge in [-0.25, -0.2) is 4.98 Å². The SMILES string of the molecule is COc1cc2nc(C)sc2cc1NC(=O)C(C)CN. The number of amides is 1. The number of hydrogen-bond donors (Lipinski definition) is 2. The van der Waals surface area contributed by atoms with Gasteiger partial charge in [0.05, 0.1) is 28.0 Å². The molecule has 1 amide bonds. The maximum atomic E-state index is 11.9. The summed E-state index contributed by atoms with van der Waals surface area (Å²) in [6, 6.07) is 3.72. The molecule has 0 saturated carbocycles. The number of aromatic nitrogens is 1. The molecule has 2 rings (SSSR count). The Kier molecular flexibility index (Phi) is 4.01. The van der Waals surface area contributed by atoms with Crippen LogP contribution in [0.15, 0.2) is 12.1 Å². The van der Waals surface area contributed by atoms with Gasteiger partial charge in [0, 0.05) is 18.5 Å². The Hall–Kier alpha value is -1.66. The van der Waals surface area contributed by atoms with E-state index in [-0.39, 0.29) is 11.8 Å². The maximum absolute atomic E-state index is 11.9. The minimum atomic E-state index is -0.233. The van der Waals surface area contributed by atoms with Crippen LogP contribution in [-0.2, 0) is 4.79 Å². The first-order valence-corrected chi connectivity index (χ1v) is 6.83. The zero-order valence-electron chi connectivity index (χ0n) is 11.2. The lowest BCUT2D eigenvalue weighted by molar-refractivity contribution is -0.119. The van der Waals surface area contributed by atoms with E-state index in [0.717, 1.165) is 15.2 Å². The van der Waals surface area contributed by atoms with Crippen LogP contribution < -0.4 is 15.8 Å². The van der Waals surface area contributed by atoms with Gasteiger partial charge in [0.25, 0.3) is 0 Å². The highest BCUT2D eigenvalue weighted by atomic mass is 32.1. The second kappa shape index (κ2) is 5.54. The lowest BCUT2D eigenvalue weighted by atomic mass is 10.1. The Morgan fingerprint density at radius 3 is 2.95 bits per heavy atom. The predicted octanol–water partition coefficient (Wildman–Crippen LogP) is 2.15. The third-order valence-electron chi connectivity index (χ3n) is 2.88. The van der Waals surface area contributed by atoms with Crippen LogP contribution in [0.5, 0.6) is 5.75 Å². The van der Waals surface area contributed by atoms with Crippen molar-refractivity contribution in [2.45, 2.75) is 13.8 Å². The van der Waals surface area contributed by atoms with Gasteiger partial charge < -0.3 is 15.8 Å². The van der Waals surface area contributed by atoms with Crippen LogP contribution in [0.4, 0.5) is 5.69 Å². The predicted molar refractivity (Wildman–Crippen MR) is 77.8 cm³/mol. The third kappa shape index (κ3) is 2.85. The molecule has 1 aromatic carbocycles. The molecule has 0 aliphatic carbocycles. The standard InChI is InChI=1S/C13H17N3O2S/c1-7(6-14)13(17)16-9-5-12-10(4-11(9)18-3)15-8(2)19-12/h4-5,7H,6,14H2,1-3H3,(H,16,17). The van der Waals surface area contributed by atoms with Gasteiger partial charge >= 0.3 is 0 Å². The maximum Gasteiger partial charge on any atom is 0.228 e. The summed E-state index contributed by atoms with van der Waals surface area (Å²) in [5, 5.41) is 3.83. The molecule has 0 aliphatic heterocycles. The summed E-state index contributed by atoms with van der Waals surface area (Å²) in [5.41, 5.74) is 7.03. The highest BCUT2D eigenvalue weighted by molar-refractivity contribution is 7.18. The number of methoxy groups -OCH3 is 1. The number of ether oxygens (including phenoxy) is 1. The van der Waals surface area contributed by atoms with Crippen molar-refractivity contribution in [2.24, 2.45) is 11.7 Å². The van der Waals surface area contributed by atoms with Gasteiger partial charge in [-0.05, 0) is 13.0 Å². The molecule has 0 fully saturated rings. The molecule has 1 heterocycles. The Balaban J connectivity index is 2.37. The molecule has 2 aromatic rings. The molecule has 0 bridgehead atoms. The van der Waals surface area contributed by atoms with Crippen LogP contribution in [0, 0.1) is 12.8 Å². The number of hydrogen-bond acceptors (Lipinski definition) is 5. The highest BCUT2D eigenvalue weighted by Gasteiger charge is 2.15. The first kappa shape index (κ1) is 13.8. The first-order chi connectivity index (χ1) is 9.05. The van der Waals surface area contributed by atoms with Crippen LogP contribution in [-0.4, -0.2) is 24.5 Å². The number of carbonyl (C=O) groups excluding carboxylic acids is 1. The molecule has 1 unspecified atom stereocenters. The van der Waals surface area contributed by atoms with Crippen LogP contribution >= 0.6 is 11.3 Å². The van der Waals surface area contributed by atoms with Crippen LogP contribution in [0.25, 0.3) is 10.2 Å². The number of nitrogens with zero attached hydrogens (tertiary/aromatic N) is 1. The lowest BCUT2D eigenvalue weighted by Crippen LogP contribution is -2.26. The molecule has 19 heavy (non-hydrogen) atoms. The summed E-state index contributed by atoms with van der Waals surface area (Å²) in [7, 11) is 1.57. The number of benzene rings is 1. The van der Waals surface area contributed by atoms with E-state index in [9.17, 15) is 4.79 Å². The van der Waals surface area contributed by atoms with E-state index in [1.54, 1.807) is 25.4 Å². The molecule has 102 valence electrons. The molecular formula is C13H17N3O2S. The summed E-state index contributed by atoms with van der Waals surface area (Å²) in [5.74, 6) is 0.264. The molecule has 0 saturated heterocycles. The van der Waals surface area contributed by atoms with Gasteiger partial charge in [-0.3, -0.25) is 4.79 Å². The summed E-state index contributed by atoms with van der Waals surface area (Å²) in [6.45, 7) is 4.05. The van der Waals surface area contributed by atoms with E-state index in [0.29, 0.717) is 18.0 Å².